The molecule has 2 nitrogen and oxygen atoms in total. The van der Waals surface area contributed by atoms with Gasteiger partial charge in [-0.2, -0.15) is 0 Å². The van der Waals surface area contributed by atoms with Crippen molar-refractivity contribution >= 4 is 5.97 Å². The third kappa shape index (κ3) is 5.54. The molecular weight excluding hydrogens is 280 g/mol. The molecule has 0 N–H and O–H groups in total. The Bertz CT molecular complexity index is 340. The van der Waals surface area contributed by atoms with Gasteiger partial charge in [0.25, 0.3) is 0 Å². The Balaban J connectivity index is 0.000000256. The second-order valence-corrected chi connectivity index (χ2v) is 3.94. The van der Waals surface area contributed by atoms with Gasteiger partial charge in [-0.15, -0.1) is 0 Å². The predicted octanol–water partition coefficient (Wildman–Crippen LogP) is 2.80. The van der Waals surface area contributed by atoms with Gasteiger partial charge < -0.3 is 4.74 Å². The fourth-order valence-electron chi connectivity index (χ4n) is 1.57. The van der Waals surface area contributed by atoms with Crippen molar-refractivity contribution in [2.75, 3.05) is 0 Å². The molecule has 0 amide bonds. The van der Waals surface area contributed by atoms with Crippen LogP contribution in [0.5, 0.6) is 0 Å². The van der Waals surface area contributed by atoms with Crippen molar-refractivity contribution in [2.24, 2.45) is 0 Å². The number of carbonyl (C=O) groups excluding carboxylic acids is 1. The van der Waals surface area contributed by atoms with Crippen LogP contribution in [0, 0.1) is 63.7 Å². The van der Waals surface area contributed by atoms with Crippen LogP contribution in [-0.2, 0) is 26.6 Å². The number of rotatable bonds is 1. The molecule has 96 valence electrons. The first-order valence-electron chi connectivity index (χ1n) is 5.76. The summed E-state index contributed by atoms with van der Waals surface area (Å²) in [7, 11) is 0. The van der Waals surface area contributed by atoms with Crippen LogP contribution in [-0.4, -0.2) is 5.97 Å². The Morgan fingerprint density at radius 3 is 1.89 bits per heavy atom. The van der Waals surface area contributed by atoms with Gasteiger partial charge in [0.05, 0.1) is 0 Å². The van der Waals surface area contributed by atoms with Crippen molar-refractivity contribution in [1.29, 1.82) is 0 Å². The number of hydrogen-bond acceptors (Lipinski definition) is 2. The SMILES string of the molecule is CC1=CC(=O)O/C1=C\[C]1[CH][CH][CH][CH]1.[CH]1[CH][CH][CH][CH]1.[Fe+2]. The second-order valence-electron chi connectivity index (χ2n) is 3.94. The molecule has 0 atom stereocenters. The number of ether oxygens (including phenoxy) is 1. The van der Waals surface area contributed by atoms with Gasteiger partial charge >= 0.3 is 23.0 Å². The molecule has 10 radical (unpaired) electrons. The first-order chi connectivity index (χ1) is 8.75. The van der Waals surface area contributed by atoms with E-state index in [4.69, 9.17) is 4.74 Å². The topological polar surface area (TPSA) is 26.3 Å². The standard InChI is InChI=1S/C11H9O2.C5H5.Fe/c1-8-6-11(12)13-10(8)7-9-4-2-3-5-9;1-2-4-5-3-1;/h2-7H,1H3;1-5H;/q;;+2/b10-7-;;. The van der Waals surface area contributed by atoms with Crippen LogP contribution in [0.2, 0.25) is 0 Å². The number of esters is 1. The van der Waals surface area contributed by atoms with Gasteiger partial charge in [0.1, 0.15) is 5.76 Å². The maximum absolute atomic E-state index is 10.9. The van der Waals surface area contributed by atoms with E-state index in [0.29, 0.717) is 5.76 Å². The quantitative estimate of drug-likeness (QED) is 0.549. The molecule has 19 heavy (non-hydrogen) atoms. The molecule has 0 aromatic rings. The number of cyclic esters (lactones) is 1. The zero-order chi connectivity index (χ0) is 12.8. The summed E-state index contributed by atoms with van der Waals surface area (Å²) in [6.07, 6.45) is 21.2. The van der Waals surface area contributed by atoms with Gasteiger partial charge in [0, 0.05) is 12.0 Å². The van der Waals surface area contributed by atoms with E-state index in [1.165, 1.54) is 6.08 Å². The zero-order valence-electron chi connectivity index (χ0n) is 10.5. The molecule has 1 heterocycles. The molecular formula is C16H14FeO2+2. The largest absolute Gasteiger partial charge is 2.00 e. The maximum atomic E-state index is 10.9. The van der Waals surface area contributed by atoms with Gasteiger partial charge in [0.15, 0.2) is 0 Å². The van der Waals surface area contributed by atoms with Crippen LogP contribution in [0.15, 0.2) is 23.5 Å². The monoisotopic (exact) mass is 294 g/mol. The van der Waals surface area contributed by atoms with Gasteiger partial charge in [-0.25, -0.2) is 4.79 Å². The summed E-state index contributed by atoms with van der Waals surface area (Å²) in [6, 6.07) is 0. The molecule has 2 saturated carbocycles. The minimum atomic E-state index is -0.282. The third-order valence-corrected chi connectivity index (χ3v) is 2.48. The number of hydrogen-bond donors (Lipinski definition) is 0. The molecule has 3 rings (SSSR count). The molecule has 0 unspecified atom stereocenters. The average Bonchev–Trinajstić information content (AvgIpc) is 3.06. The molecule has 0 aromatic carbocycles. The van der Waals surface area contributed by atoms with Crippen molar-refractivity contribution in [2.45, 2.75) is 6.92 Å². The normalized spacial score (nSPS) is 24.6. The summed E-state index contributed by atoms with van der Waals surface area (Å²) < 4.78 is 4.98. The molecule has 0 spiro atoms. The number of allylic oxidation sites excluding steroid dienone is 2. The van der Waals surface area contributed by atoms with Crippen LogP contribution >= 0.6 is 0 Å². The molecule has 0 aromatic heterocycles. The van der Waals surface area contributed by atoms with E-state index >= 15 is 0 Å². The van der Waals surface area contributed by atoms with Crippen molar-refractivity contribution in [3.8, 4) is 0 Å². The third-order valence-electron chi connectivity index (χ3n) is 2.48. The Labute approximate surface area is 127 Å². The summed E-state index contributed by atoms with van der Waals surface area (Å²) in [5.74, 6) is 1.42. The Morgan fingerprint density at radius 2 is 1.47 bits per heavy atom. The zero-order valence-corrected chi connectivity index (χ0v) is 11.6. The molecule has 1 aliphatic heterocycles. The molecule has 2 aliphatic carbocycles. The molecule has 0 bridgehead atoms. The number of carbonyl (C=O) groups is 1. The van der Waals surface area contributed by atoms with E-state index in [9.17, 15) is 4.79 Å². The van der Waals surface area contributed by atoms with E-state index in [2.05, 4.69) is 0 Å². The molecule has 3 heteroatoms. The first kappa shape index (κ1) is 16.5. The predicted molar refractivity (Wildman–Crippen MR) is 69.9 cm³/mol. The summed E-state index contributed by atoms with van der Waals surface area (Å²) in [6.45, 7) is 1.86. The summed E-state index contributed by atoms with van der Waals surface area (Å²) in [5.41, 5.74) is 0.881. The fraction of sp³-hybridized carbons (Fsp3) is 0.0625. The van der Waals surface area contributed by atoms with E-state index in [1.807, 2.05) is 70.8 Å². The Hall–Kier alpha value is -0.531. The van der Waals surface area contributed by atoms with Crippen molar-refractivity contribution < 1.29 is 26.6 Å². The van der Waals surface area contributed by atoms with E-state index < -0.39 is 0 Å². The van der Waals surface area contributed by atoms with E-state index in [0.717, 1.165) is 11.5 Å². The second kappa shape index (κ2) is 8.60. The first-order valence-corrected chi connectivity index (χ1v) is 5.76. The average molecular weight is 294 g/mol. The Morgan fingerprint density at radius 1 is 0.947 bits per heavy atom. The summed E-state index contributed by atoms with van der Waals surface area (Å²) in [4.78, 5) is 10.9. The minimum absolute atomic E-state index is 0. The maximum Gasteiger partial charge on any atom is 2.00 e. The van der Waals surface area contributed by atoms with Gasteiger partial charge in [-0.05, 0) is 76.4 Å². The molecule has 3 aliphatic rings. The van der Waals surface area contributed by atoms with Gasteiger partial charge in [0.2, 0.25) is 0 Å². The van der Waals surface area contributed by atoms with Crippen LogP contribution < -0.4 is 0 Å². The van der Waals surface area contributed by atoms with Crippen LogP contribution in [0.25, 0.3) is 0 Å². The van der Waals surface area contributed by atoms with Gasteiger partial charge in [-0.3, -0.25) is 0 Å². The smallest absolute Gasteiger partial charge is 0.423 e. The van der Waals surface area contributed by atoms with Crippen LogP contribution in [0.3, 0.4) is 0 Å². The van der Waals surface area contributed by atoms with Crippen LogP contribution in [0.1, 0.15) is 6.92 Å². The van der Waals surface area contributed by atoms with Crippen molar-refractivity contribution in [1.82, 2.24) is 0 Å². The van der Waals surface area contributed by atoms with E-state index in [1.54, 1.807) is 0 Å². The van der Waals surface area contributed by atoms with Crippen molar-refractivity contribution in [3.63, 3.8) is 0 Å². The van der Waals surface area contributed by atoms with Gasteiger partial charge in [-0.1, -0.05) is 0 Å². The molecule has 0 saturated heterocycles. The Kier molecular flexibility index (Phi) is 7.48. The minimum Gasteiger partial charge on any atom is -0.423 e. The van der Waals surface area contributed by atoms with E-state index in [-0.39, 0.29) is 23.0 Å². The molecule has 2 fully saturated rings. The summed E-state index contributed by atoms with van der Waals surface area (Å²) in [5, 5.41) is 0. The van der Waals surface area contributed by atoms with Crippen LogP contribution in [0.4, 0.5) is 0 Å². The fourth-order valence-corrected chi connectivity index (χ4v) is 1.57. The summed E-state index contributed by atoms with van der Waals surface area (Å²) >= 11 is 0. The van der Waals surface area contributed by atoms with Crippen molar-refractivity contribution in [3.05, 3.63) is 87.2 Å².